The molecule has 0 unspecified atom stereocenters. The van der Waals surface area contributed by atoms with E-state index in [4.69, 9.17) is 5.73 Å². The Bertz CT molecular complexity index is 637. The van der Waals surface area contributed by atoms with Gasteiger partial charge in [-0.15, -0.1) is 0 Å². The Morgan fingerprint density at radius 2 is 2.00 bits per heavy atom. The zero-order valence-corrected chi connectivity index (χ0v) is 13.6. The lowest BCUT2D eigenvalue weighted by Crippen LogP contribution is -2.54. The molecule has 7 nitrogen and oxygen atoms in total. The van der Waals surface area contributed by atoms with Crippen LogP contribution in [0.2, 0.25) is 0 Å². The molecule has 22 heavy (non-hydrogen) atoms. The molecule has 0 bridgehead atoms. The summed E-state index contributed by atoms with van der Waals surface area (Å²) in [6, 6.07) is 0. The number of fused-ring (bicyclic) bond motifs is 1. The molecule has 0 saturated carbocycles. The second kappa shape index (κ2) is 6.29. The third-order valence-electron chi connectivity index (χ3n) is 4.19. The highest BCUT2D eigenvalue weighted by atomic mass is 32.2. The number of carbonyl (C=O) groups is 1. The number of rotatable bonds is 4. The first-order valence-electron chi connectivity index (χ1n) is 7.56. The fraction of sp³-hybridized carbons (Fsp3) is 0.643. The van der Waals surface area contributed by atoms with Gasteiger partial charge in [0.05, 0.1) is 11.4 Å². The van der Waals surface area contributed by atoms with Gasteiger partial charge < -0.3 is 15.6 Å². The number of carbonyl (C=O) groups excluding carboxylic acids is 1. The van der Waals surface area contributed by atoms with E-state index in [0.717, 1.165) is 56.7 Å². The molecule has 1 fully saturated rings. The largest absolute Gasteiger partial charge is 0.369 e. The van der Waals surface area contributed by atoms with E-state index in [2.05, 4.69) is 21.9 Å². The van der Waals surface area contributed by atoms with Crippen molar-refractivity contribution in [2.75, 3.05) is 44.0 Å². The third-order valence-corrected chi connectivity index (χ3v) is 5.23. The SMILES string of the molecule is CN1CCN(n2c3c(c(SCC(N)=O)nc2=O)CCC3)CC1. The predicted molar refractivity (Wildman–Crippen MR) is 85.9 cm³/mol. The van der Waals surface area contributed by atoms with Gasteiger partial charge in [-0.25, -0.2) is 9.47 Å². The monoisotopic (exact) mass is 323 g/mol. The maximum atomic E-state index is 12.5. The number of hydrogen-bond donors (Lipinski definition) is 1. The van der Waals surface area contributed by atoms with E-state index in [1.807, 2.05) is 0 Å². The third kappa shape index (κ3) is 2.98. The Balaban J connectivity index is 1.93. The van der Waals surface area contributed by atoms with Crippen LogP contribution in [0.4, 0.5) is 0 Å². The first-order chi connectivity index (χ1) is 10.6. The Morgan fingerprint density at radius 3 is 2.68 bits per heavy atom. The lowest BCUT2D eigenvalue weighted by Gasteiger charge is -2.35. The van der Waals surface area contributed by atoms with Gasteiger partial charge in [0.1, 0.15) is 5.03 Å². The Hall–Kier alpha value is -1.54. The number of nitrogens with zero attached hydrogens (tertiary/aromatic N) is 4. The lowest BCUT2D eigenvalue weighted by molar-refractivity contribution is -0.115. The minimum atomic E-state index is -0.387. The zero-order valence-electron chi connectivity index (χ0n) is 12.7. The van der Waals surface area contributed by atoms with Crippen molar-refractivity contribution in [1.29, 1.82) is 0 Å². The summed E-state index contributed by atoms with van der Waals surface area (Å²) >= 11 is 1.28. The highest BCUT2D eigenvalue weighted by molar-refractivity contribution is 7.99. The van der Waals surface area contributed by atoms with Gasteiger partial charge in [-0.05, 0) is 26.3 Å². The average molecular weight is 323 g/mol. The summed E-state index contributed by atoms with van der Waals surface area (Å²) in [6.07, 6.45) is 2.83. The molecule has 2 aliphatic rings. The Morgan fingerprint density at radius 1 is 1.27 bits per heavy atom. The molecule has 1 saturated heterocycles. The van der Waals surface area contributed by atoms with Crippen molar-refractivity contribution in [1.82, 2.24) is 14.6 Å². The number of aromatic nitrogens is 2. The summed E-state index contributed by atoms with van der Waals surface area (Å²) in [7, 11) is 2.09. The summed E-state index contributed by atoms with van der Waals surface area (Å²) in [5.41, 5.74) is 7.14. The first-order valence-corrected chi connectivity index (χ1v) is 8.54. The van der Waals surface area contributed by atoms with Crippen molar-refractivity contribution in [2.24, 2.45) is 5.73 Å². The van der Waals surface area contributed by atoms with E-state index in [0.29, 0.717) is 5.03 Å². The zero-order chi connectivity index (χ0) is 15.7. The average Bonchev–Trinajstić information content (AvgIpc) is 2.95. The van der Waals surface area contributed by atoms with Gasteiger partial charge in [0.2, 0.25) is 5.91 Å². The van der Waals surface area contributed by atoms with Gasteiger partial charge in [0.15, 0.2) is 0 Å². The van der Waals surface area contributed by atoms with Crippen LogP contribution < -0.4 is 16.4 Å². The van der Waals surface area contributed by atoms with Crippen LogP contribution >= 0.6 is 11.8 Å². The molecule has 1 amide bonds. The molecule has 2 heterocycles. The van der Waals surface area contributed by atoms with E-state index in [1.165, 1.54) is 11.8 Å². The fourth-order valence-electron chi connectivity index (χ4n) is 3.06. The van der Waals surface area contributed by atoms with Gasteiger partial charge in [-0.1, -0.05) is 11.8 Å². The number of thioether (sulfide) groups is 1. The van der Waals surface area contributed by atoms with Gasteiger partial charge in [-0.2, -0.15) is 4.98 Å². The fourth-order valence-corrected chi connectivity index (χ4v) is 3.87. The number of amides is 1. The summed E-state index contributed by atoms with van der Waals surface area (Å²) in [6.45, 7) is 3.55. The highest BCUT2D eigenvalue weighted by Crippen LogP contribution is 2.29. The first kappa shape index (κ1) is 15.4. The van der Waals surface area contributed by atoms with Gasteiger partial charge >= 0.3 is 5.69 Å². The topological polar surface area (TPSA) is 84.5 Å². The number of likely N-dealkylation sites (N-methyl/N-ethyl adjacent to an activating group) is 1. The van der Waals surface area contributed by atoms with Crippen LogP contribution in [0.5, 0.6) is 0 Å². The minimum absolute atomic E-state index is 0.164. The van der Waals surface area contributed by atoms with E-state index in [1.54, 1.807) is 4.68 Å². The summed E-state index contributed by atoms with van der Waals surface area (Å²) in [4.78, 5) is 29.9. The number of piperazine rings is 1. The predicted octanol–water partition coefficient (Wildman–Crippen LogP) is -0.807. The normalized spacial score (nSPS) is 18.5. The van der Waals surface area contributed by atoms with Crippen LogP contribution in [-0.2, 0) is 17.6 Å². The smallest absolute Gasteiger partial charge is 0.367 e. The van der Waals surface area contributed by atoms with Crippen LogP contribution in [0.3, 0.4) is 0 Å². The minimum Gasteiger partial charge on any atom is -0.369 e. The molecule has 1 aliphatic carbocycles. The van der Waals surface area contributed by atoms with Crippen LogP contribution in [0.15, 0.2) is 9.82 Å². The molecule has 1 aromatic rings. The van der Waals surface area contributed by atoms with Crippen molar-refractivity contribution in [2.45, 2.75) is 24.3 Å². The van der Waals surface area contributed by atoms with Gasteiger partial charge in [0.25, 0.3) is 0 Å². The summed E-state index contributed by atoms with van der Waals surface area (Å²) in [5.74, 6) is -0.223. The molecule has 1 aliphatic heterocycles. The van der Waals surface area contributed by atoms with Crippen LogP contribution in [0.1, 0.15) is 17.7 Å². The van der Waals surface area contributed by atoms with Crippen molar-refractivity contribution < 1.29 is 4.79 Å². The van der Waals surface area contributed by atoms with Crippen molar-refractivity contribution in [3.63, 3.8) is 0 Å². The quantitative estimate of drug-likeness (QED) is 0.576. The summed E-state index contributed by atoms with van der Waals surface area (Å²) < 4.78 is 1.77. The second-order valence-electron chi connectivity index (χ2n) is 5.80. The molecule has 2 N–H and O–H groups in total. The number of hydrogen-bond acceptors (Lipinski definition) is 6. The standard InChI is InChI=1S/C14H21N5O2S/c1-17-5-7-18(8-6-17)19-11-4-2-3-10(11)13(16-14(19)21)22-9-12(15)20/h2-9H2,1H3,(H2,15,20). The molecule has 0 atom stereocenters. The molecule has 0 aromatic carbocycles. The Kier molecular flexibility index (Phi) is 4.39. The second-order valence-corrected chi connectivity index (χ2v) is 6.77. The number of primary amides is 1. The Labute approximate surface area is 133 Å². The maximum Gasteiger partial charge on any atom is 0.367 e. The van der Waals surface area contributed by atoms with Crippen molar-refractivity contribution >= 4 is 17.7 Å². The van der Waals surface area contributed by atoms with Gasteiger partial charge in [-0.3, -0.25) is 4.79 Å². The van der Waals surface area contributed by atoms with E-state index >= 15 is 0 Å². The highest BCUT2D eigenvalue weighted by Gasteiger charge is 2.26. The van der Waals surface area contributed by atoms with Crippen molar-refractivity contribution in [3.05, 3.63) is 21.7 Å². The van der Waals surface area contributed by atoms with E-state index < -0.39 is 0 Å². The lowest BCUT2D eigenvalue weighted by atomic mass is 10.3. The molecular formula is C14H21N5O2S. The molecule has 8 heteroatoms. The van der Waals surface area contributed by atoms with Crippen LogP contribution in [0.25, 0.3) is 0 Å². The molecule has 3 rings (SSSR count). The van der Waals surface area contributed by atoms with E-state index in [9.17, 15) is 9.59 Å². The maximum absolute atomic E-state index is 12.5. The number of nitrogens with two attached hydrogens (primary N) is 1. The van der Waals surface area contributed by atoms with Crippen LogP contribution in [-0.4, -0.2) is 59.4 Å². The molecule has 0 radical (unpaired) electrons. The molecule has 120 valence electrons. The summed E-state index contributed by atoms with van der Waals surface area (Å²) in [5, 5.41) is 2.78. The van der Waals surface area contributed by atoms with Crippen LogP contribution in [0, 0.1) is 0 Å². The molecule has 0 spiro atoms. The molecule has 1 aromatic heterocycles. The van der Waals surface area contributed by atoms with Gasteiger partial charge in [0, 0.05) is 31.7 Å². The van der Waals surface area contributed by atoms with Crippen molar-refractivity contribution in [3.8, 4) is 0 Å². The molecular weight excluding hydrogens is 302 g/mol. The van der Waals surface area contributed by atoms with E-state index in [-0.39, 0.29) is 17.3 Å².